The first-order valence-corrected chi connectivity index (χ1v) is 8.53. The molecule has 0 aliphatic heterocycles. The number of nitrogens with one attached hydrogen (secondary N) is 1. The van der Waals surface area contributed by atoms with Crippen molar-refractivity contribution in [3.05, 3.63) is 29.3 Å². The fourth-order valence-electron chi connectivity index (χ4n) is 3.78. The van der Waals surface area contributed by atoms with Gasteiger partial charge in [0.15, 0.2) is 0 Å². The van der Waals surface area contributed by atoms with Gasteiger partial charge in [-0.2, -0.15) is 0 Å². The second-order valence-corrected chi connectivity index (χ2v) is 6.63. The van der Waals surface area contributed by atoms with Crippen molar-refractivity contribution in [1.82, 2.24) is 5.32 Å². The molecule has 2 heteroatoms. The summed E-state index contributed by atoms with van der Waals surface area (Å²) in [5.74, 6) is 1.06. The monoisotopic (exact) mass is 289 g/mol. The van der Waals surface area contributed by atoms with Gasteiger partial charge in [0.25, 0.3) is 0 Å². The van der Waals surface area contributed by atoms with E-state index >= 15 is 0 Å². The Morgan fingerprint density at radius 2 is 1.95 bits per heavy atom. The first-order valence-electron chi connectivity index (χ1n) is 8.53. The molecular weight excluding hydrogens is 258 g/mol. The van der Waals surface area contributed by atoms with Gasteiger partial charge in [-0.05, 0) is 69.2 Å². The molecule has 0 atom stereocenters. The topological polar surface area (TPSA) is 21.3 Å². The zero-order chi connectivity index (χ0) is 15.1. The molecule has 0 aromatic heterocycles. The van der Waals surface area contributed by atoms with E-state index in [0.29, 0.717) is 5.41 Å². The van der Waals surface area contributed by atoms with Gasteiger partial charge in [-0.15, -0.1) is 0 Å². The van der Waals surface area contributed by atoms with Crippen molar-refractivity contribution in [3.63, 3.8) is 0 Å². The van der Waals surface area contributed by atoms with Crippen molar-refractivity contribution < 1.29 is 4.74 Å². The molecule has 1 aromatic rings. The molecule has 0 radical (unpaired) electrons. The van der Waals surface area contributed by atoms with Crippen LogP contribution in [0.1, 0.15) is 56.6 Å². The normalized spacial score (nSPS) is 17.1. The molecule has 0 bridgehead atoms. The SMILES string of the molecule is CCNCCC1(CCc2cc(C)ccc2OC)CCCC1. The molecule has 1 aliphatic rings. The van der Waals surface area contributed by atoms with Gasteiger partial charge in [0.2, 0.25) is 0 Å². The number of hydrogen-bond donors (Lipinski definition) is 1. The molecule has 0 amide bonds. The lowest BCUT2D eigenvalue weighted by molar-refractivity contribution is 0.245. The maximum absolute atomic E-state index is 5.53. The van der Waals surface area contributed by atoms with Gasteiger partial charge in [-0.1, -0.05) is 37.5 Å². The minimum Gasteiger partial charge on any atom is -0.496 e. The minimum absolute atomic E-state index is 0.566. The molecule has 1 fully saturated rings. The van der Waals surface area contributed by atoms with Crippen LogP contribution in [0.15, 0.2) is 18.2 Å². The molecule has 2 rings (SSSR count). The highest BCUT2D eigenvalue weighted by Crippen LogP contribution is 2.45. The van der Waals surface area contributed by atoms with Crippen molar-refractivity contribution >= 4 is 0 Å². The molecule has 1 N–H and O–H groups in total. The van der Waals surface area contributed by atoms with Crippen LogP contribution in [0.4, 0.5) is 0 Å². The molecule has 0 saturated heterocycles. The fraction of sp³-hybridized carbons (Fsp3) is 0.684. The average Bonchev–Trinajstić information content (AvgIpc) is 2.95. The van der Waals surface area contributed by atoms with Crippen LogP contribution in [-0.2, 0) is 6.42 Å². The summed E-state index contributed by atoms with van der Waals surface area (Å²) in [4.78, 5) is 0. The standard InChI is InChI=1S/C19H31NO/c1-4-20-14-13-19(10-5-6-11-19)12-9-17-15-16(2)7-8-18(17)21-3/h7-8,15,20H,4-6,9-14H2,1-3H3. The third-order valence-electron chi connectivity index (χ3n) is 5.11. The summed E-state index contributed by atoms with van der Waals surface area (Å²) < 4.78 is 5.53. The molecule has 118 valence electrons. The van der Waals surface area contributed by atoms with Crippen LogP contribution in [0.25, 0.3) is 0 Å². The Morgan fingerprint density at radius 1 is 1.19 bits per heavy atom. The van der Waals surface area contributed by atoms with E-state index in [4.69, 9.17) is 4.74 Å². The van der Waals surface area contributed by atoms with Crippen molar-refractivity contribution in [2.24, 2.45) is 5.41 Å². The Balaban J connectivity index is 2.00. The van der Waals surface area contributed by atoms with Gasteiger partial charge in [-0.25, -0.2) is 0 Å². The van der Waals surface area contributed by atoms with Crippen LogP contribution in [-0.4, -0.2) is 20.2 Å². The summed E-state index contributed by atoms with van der Waals surface area (Å²) in [6.07, 6.45) is 9.43. The lowest BCUT2D eigenvalue weighted by Gasteiger charge is -2.29. The van der Waals surface area contributed by atoms with Gasteiger partial charge in [-0.3, -0.25) is 0 Å². The van der Waals surface area contributed by atoms with Crippen LogP contribution in [0.3, 0.4) is 0 Å². The van der Waals surface area contributed by atoms with Crippen molar-refractivity contribution in [3.8, 4) is 5.75 Å². The molecule has 1 aliphatic carbocycles. The van der Waals surface area contributed by atoms with Gasteiger partial charge in [0, 0.05) is 0 Å². The summed E-state index contributed by atoms with van der Waals surface area (Å²) in [5.41, 5.74) is 3.28. The number of hydrogen-bond acceptors (Lipinski definition) is 2. The van der Waals surface area contributed by atoms with E-state index in [1.807, 2.05) is 0 Å². The molecule has 2 nitrogen and oxygen atoms in total. The lowest BCUT2D eigenvalue weighted by Crippen LogP contribution is -2.25. The summed E-state index contributed by atoms with van der Waals surface area (Å²) in [7, 11) is 1.78. The smallest absolute Gasteiger partial charge is 0.122 e. The van der Waals surface area contributed by atoms with Crippen LogP contribution in [0.5, 0.6) is 5.75 Å². The van der Waals surface area contributed by atoms with E-state index < -0.39 is 0 Å². The third kappa shape index (κ3) is 4.47. The van der Waals surface area contributed by atoms with Crippen molar-refractivity contribution in [2.75, 3.05) is 20.2 Å². The zero-order valence-electron chi connectivity index (χ0n) is 14.0. The molecular formula is C19H31NO. The second kappa shape index (κ2) is 7.84. The summed E-state index contributed by atoms with van der Waals surface area (Å²) >= 11 is 0. The van der Waals surface area contributed by atoms with E-state index in [1.165, 1.54) is 56.2 Å². The van der Waals surface area contributed by atoms with Gasteiger partial charge in [0.1, 0.15) is 5.75 Å². The number of rotatable bonds is 8. The summed E-state index contributed by atoms with van der Waals surface area (Å²) in [6.45, 7) is 6.61. The highest BCUT2D eigenvalue weighted by atomic mass is 16.5. The predicted molar refractivity (Wildman–Crippen MR) is 90.1 cm³/mol. The van der Waals surface area contributed by atoms with Crippen LogP contribution < -0.4 is 10.1 Å². The Kier molecular flexibility index (Phi) is 6.10. The number of aryl methyl sites for hydroxylation is 2. The van der Waals surface area contributed by atoms with Crippen molar-refractivity contribution in [1.29, 1.82) is 0 Å². The third-order valence-corrected chi connectivity index (χ3v) is 5.11. The van der Waals surface area contributed by atoms with E-state index in [9.17, 15) is 0 Å². The Bertz CT molecular complexity index is 435. The van der Waals surface area contributed by atoms with E-state index in [0.717, 1.165) is 18.7 Å². The van der Waals surface area contributed by atoms with Gasteiger partial charge in [0.05, 0.1) is 7.11 Å². The van der Waals surface area contributed by atoms with E-state index in [1.54, 1.807) is 7.11 Å². The molecule has 0 heterocycles. The number of methoxy groups -OCH3 is 1. The molecule has 0 spiro atoms. The van der Waals surface area contributed by atoms with Gasteiger partial charge >= 0.3 is 0 Å². The lowest BCUT2D eigenvalue weighted by atomic mass is 9.77. The first kappa shape index (κ1) is 16.4. The Morgan fingerprint density at radius 3 is 2.62 bits per heavy atom. The Labute approximate surface area is 130 Å². The predicted octanol–water partition coefficient (Wildman–Crippen LogP) is 4.50. The second-order valence-electron chi connectivity index (χ2n) is 6.63. The molecule has 1 aromatic carbocycles. The largest absolute Gasteiger partial charge is 0.496 e. The Hall–Kier alpha value is -1.02. The highest BCUT2D eigenvalue weighted by Gasteiger charge is 2.32. The number of benzene rings is 1. The quantitative estimate of drug-likeness (QED) is 0.712. The molecule has 0 unspecified atom stereocenters. The molecule has 21 heavy (non-hydrogen) atoms. The first-order chi connectivity index (χ1) is 10.2. The van der Waals surface area contributed by atoms with Crippen LogP contribution in [0, 0.1) is 12.3 Å². The minimum atomic E-state index is 0.566. The highest BCUT2D eigenvalue weighted by molar-refractivity contribution is 5.37. The van der Waals surface area contributed by atoms with E-state index in [2.05, 4.69) is 37.4 Å². The zero-order valence-corrected chi connectivity index (χ0v) is 14.0. The summed E-state index contributed by atoms with van der Waals surface area (Å²) in [5, 5.41) is 3.51. The van der Waals surface area contributed by atoms with Crippen molar-refractivity contribution in [2.45, 2.75) is 58.8 Å². The van der Waals surface area contributed by atoms with E-state index in [-0.39, 0.29) is 0 Å². The maximum atomic E-state index is 5.53. The summed E-state index contributed by atoms with van der Waals surface area (Å²) in [6, 6.07) is 6.55. The van der Waals surface area contributed by atoms with Crippen LogP contribution >= 0.6 is 0 Å². The van der Waals surface area contributed by atoms with Crippen LogP contribution in [0.2, 0.25) is 0 Å². The fourth-order valence-corrected chi connectivity index (χ4v) is 3.78. The molecule has 1 saturated carbocycles. The average molecular weight is 289 g/mol. The van der Waals surface area contributed by atoms with Gasteiger partial charge < -0.3 is 10.1 Å². The number of ether oxygens (including phenoxy) is 1. The maximum Gasteiger partial charge on any atom is 0.122 e.